The Hall–Kier alpha value is -1.20. The molecule has 5 heteroatoms. The third-order valence-corrected chi connectivity index (χ3v) is 3.99. The second-order valence-electron chi connectivity index (χ2n) is 4.59. The summed E-state index contributed by atoms with van der Waals surface area (Å²) in [6.07, 6.45) is 1.29. The number of rotatable bonds is 7. The Labute approximate surface area is 118 Å². The lowest BCUT2D eigenvalue weighted by molar-refractivity contribution is -0.116. The van der Waals surface area contributed by atoms with Crippen LogP contribution in [0.5, 0.6) is 0 Å². The largest absolute Gasteiger partial charge is 0.399 e. The van der Waals surface area contributed by atoms with Crippen LogP contribution in [0.1, 0.15) is 25.3 Å². The van der Waals surface area contributed by atoms with Crippen molar-refractivity contribution < 1.29 is 9.90 Å². The van der Waals surface area contributed by atoms with Crippen LogP contribution in [-0.4, -0.2) is 28.6 Å². The number of nitrogens with one attached hydrogen (secondary N) is 1. The van der Waals surface area contributed by atoms with E-state index < -0.39 is 0 Å². The highest BCUT2D eigenvalue weighted by Crippen LogP contribution is 2.19. The van der Waals surface area contributed by atoms with Crippen LogP contribution in [0.15, 0.2) is 18.2 Å². The zero-order valence-electron chi connectivity index (χ0n) is 11.5. The number of nitrogens with two attached hydrogens (primary N) is 1. The molecule has 0 spiro atoms. The smallest absolute Gasteiger partial charge is 0.224 e. The van der Waals surface area contributed by atoms with E-state index in [4.69, 9.17) is 10.8 Å². The Balaban J connectivity index is 2.33. The van der Waals surface area contributed by atoms with Gasteiger partial charge in [0.05, 0.1) is 6.61 Å². The van der Waals surface area contributed by atoms with E-state index in [9.17, 15) is 4.79 Å². The Kier molecular flexibility index (Phi) is 6.73. The van der Waals surface area contributed by atoms with Crippen molar-refractivity contribution in [2.24, 2.45) is 0 Å². The van der Waals surface area contributed by atoms with E-state index in [1.165, 1.54) is 0 Å². The third kappa shape index (κ3) is 5.98. The monoisotopic (exact) mass is 282 g/mol. The topological polar surface area (TPSA) is 75.3 Å². The Morgan fingerprint density at radius 2 is 2.26 bits per heavy atom. The highest BCUT2D eigenvalue weighted by atomic mass is 32.2. The minimum Gasteiger partial charge on any atom is -0.399 e. The van der Waals surface area contributed by atoms with Gasteiger partial charge >= 0.3 is 0 Å². The first-order valence-electron chi connectivity index (χ1n) is 6.41. The quantitative estimate of drug-likeness (QED) is 0.530. The van der Waals surface area contributed by atoms with E-state index in [0.29, 0.717) is 12.1 Å². The molecule has 1 unspecified atom stereocenters. The number of aliphatic hydroxyl groups is 1. The maximum Gasteiger partial charge on any atom is 0.224 e. The number of amides is 1. The maximum atomic E-state index is 11.8. The first-order chi connectivity index (χ1) is 9.02. The van der Waals surface area contributed by atoms with Gasteiger partial charge in [0.15, 0.2) is 0 Å². The van der Waals surface area contributed by atoms with Crippen LogP contribution in [0.2, 0.25) is 0 Å². The van der Waals surface area contributed by atoms with Crippen LogP contribution in [0.3, 0.4) is 0 Å². The van der Waals surface area contributed by atoms with Gasteiger partial charge in [-0.15, -0.1) is 0 Å². The number of carbonyl (C=O) groups is 1. The van der Waals surface area contributed by atoms with Crippen molar-refractivity contribution >= 4 is 29.0 Å². The molecule has 0 saturated heterocycles. The maximum absolute atomic E-state index is 11.8. The first kappa shape index (κ1) is 15.9. The van der Waals surface area contributed by atoms with Gasteiger partial charge in [0.1, 0.15) is 0 Å². The van der Waals surface area contributed by atoms with Crippen LogP contribution in [0, 0.1) is 6.92 Å². The van der Waals surface area contributed by atoms with E-state index in [1.807, 2.05) is 26.0 Å². The molecule has 0 aliphatic carbocycles. The zero-order chi connectivity index (χ0) is 14.3. The summed E-state index contributed by atoms with van der Waals surface area (Å²) < 4.78 is 0. The molecule has 1 rings (SSSR count). The molecule has 4 nitrogen and oxygen atoms in total. The lowest BCUT2D eigenvalue weighted by Crippen LogP contribution is -2.13. The van der Waals surface area contributed by atoms with E-state index in [1.54, 1.807) is 17.8 Å². The second kappa shape index (κ2) is 8.07. The van der Waals surface area contributed by atoms with E-state index >= 15 is 0 Å². The van der Waals surface area contributed by atoms with Gasteiger partial charge in [0, 0.05) is 23.0 Å². The molecule has 19 heavy (non-hydrogen) atoms. The summed E-state index contributed by atoms with van der Waals surface area (Å²) in [6.45, 7) is 4.09. The van der Waals surface area contributed by atoms with Crippen LogP contribution < -0.4 is 11.1 Å². The molecule has 1 amide bonds. The molecule has 0 aromatic heterocycles. The van der Waals surface area contributed by atoms with Crippen molar-refractivity contribution in [3.63, 3.8) is 0 Å². The van der Waals surface area contributed by atoms with Crippen molar-refractivity contribution in [2.75, 3.05) is 23.4 Å². The van der Waals surface area contributed by atoms with Gasteiger partial charge in [-0.3, -0.25) is 4.79 Å². The fourth-order valence-corrected chi connectivity index (χ4v) is 2.38. The molecule has 4 N–H and O–H groups in total. The summed E-state index contributed by atoms with van der Waals surface area (Å²) in [7, 11) is 0. The van der Waals surface area contributed by atoms with Gasteiger partial charge < -0.3 is 16.2 Å². The Morgan fingerprint density at radius 1 is 1.53 bits per heavy atom. The van der Waals surface area contributed by atoms with Crippen molar-refractivity contribution in [1.82, 2.24) is 0 Å². The standard InChI is InChI=1S/C14H22N2O2S/c1-10-5-6-12(15)8-13(10)16-14(18)4-3-7-19-11(2)9-17/h5-6,8,11,17H,3-4,7,9,15H2,1-2H3,(H,16,18). The molecular weight excluding hydrogens is 260 g/mol. The van der Waals surface area contributed by atoms with Gasteiger partial charge in [-0.05, 0) is 36.8 Å². The van der Waals surface area contributed by atoms with E-state index in [-0.39, 0.29) is 17.8 Å². The van der Waals surface area contributed by atoms with Gasteiger partial charge in [-0.2, -0.15) is 11.8 Å². The van der Waals surface area contributed by atoms with Gasteiger partial charge in [0.2, 0.25) is 5.91 Å². The third-order valence-electron chi connectivity index (χ3n) is 2.74. The molecule has 0 aliphatic heterocycles. The lowest BCUT2D eigenvalue weighted by Gasteiger charge is -2.10. The highest BCUT2D eigenvalue weighted by molar-refractivity contribution is 7.99. The molecule has 106 valence electrons. The fraction of sp³-hybridized carbons (Fsp3) is 0.500. The first-order valence-corrected chi connectivity index (χ1v) is 7.46. The predicted octanol–water partition coefficient (Wildman–Crippen LogP) is 2.41. The molecule has 0 heterocycles. The van der Waals surface area contributed by atoms with Gasteiger partial charge in [-0.25, -0.2) is 0 Å². The fourth-order valence-electron chi connectivity index (χ4n) is 1.56. The van der Waals surface area contributed by atoms with E-state index in [0.717, 1.165) is 23.4 Å². The lowest BCUT2D eigenvalue weighted by atomic mass is 10.1. The van der Waals surface area contributed by atoms with Crippen molar-refractivity contribution in [3.05, 3.63) is 23.8 Å². The number of benzene rings is 1. The van der Waals surface area contributed by atoms with Crippen LogP contribution in [-0.2, 0) is 4.79 Å². The summed E-state index contributed by atoms with van der Waals surface area (Å²) >= 11 is 1.68. The number of hydrogen-bond donors (Lipinski definition) is 3. The summed E-state index contributed by atoms with van der Waals surface area (Å²) in [5, 5.41) is 12.0. The molecular formula is C14H22N2O2S. The normalized spacial score (nSPS) is 12.2. The van der Waals surface area contributed by atoms with Gasteiger partial charge in [-0.1, -0.05) is 13.0 Å². The molecule has 0 saturated carbocycles. The van der Waals surface area contributed by atoms with Crippen molar-refractivity contribution in [1.29, 1.82) is 0 Å². The van der Waals surface area contributed by atoms with Crippen molar-refractivity contribution in [2.45, 2.75) is 31.9 Å². The van der Waals surface area contributed by atoms with E-state index in [2.05, 4.69) is 5.32 Å². The number of anilines is 2. The number of carbonyl (C=O) groups excluding carboxylic acids is 1. The van der Waals surface area contributed by atoms with Crippen LogP contribution >= 0.6 is 11.8 Å². The van der Waals surface area contributed by atoms with Crippen molar-refractivity contribution in [3.8, 4) is 0 Å². The van der Waals surface area contributed by atoms with Gasteiger partial charge in [0.25, 0.3) is 0 Å². The average Bonchev–Trinajstić information content (AvgIpc) is 2.38. The molecule has 0 fully saturated rings. The predicted molar refractivity (Wildman–Crippen MR) is 82.5 cm³/mol. The molecule has 1 atom stereocenters. The molecule has 0 aliphatic rings. The molecule has 0 bridgehead atoms. The number of thioether (sulfide) groups is 1. The van der Waals surface area contributed by atoms with Crippen LogP contribution in [0.25, 0.3) is 0 Å². The summed E-state index contributed by atoms with van der Waals surface area (Å²) in [5.74, 6) is 0.886. The summed E-state index contributed by atoms with van der Waals surface area (Å²) in [4.78, 5) is 11.8. The number of aryl methyl sites for hydroxylation is 1. The number of hydrogen-bond acceptors (Lipinski definition) is 4. The van der Waals surface area contributed by atoms with Crippen LogP contribution in [0.4, 0.5) is 11.4 Å². The summed E-state index contributed by atoms with van der Waals surface area (Å²) in [6, 6.07) is 5.48. The minimum atomic E-state index is 0.00551. The Morgan fingerprint density at radius 3 is 2.95 bits per heavy atom. The zero-order valence-corrected chi connectivity index (χ0v) is 12.3. The number of aliphatic hydroxyl groups excluding tert-OH is 1. The highest BCUT2D eigenvalue weighted by Gasteiger charge is 2.06. The second-order valence-corrected chi connectivity index (χ2v) is 6.14. The number of nitrogen functional groups attached to an aromatic ring is 1. The minimum absolute atomic E-state index is 0.00551. The molecule has 0 radical (unpaired) electrons. The Bertz CT molecular complexity index is 424. The summed E-state index contributed by atoms with van der Waals surface area (Å²) in [5.41, 5.74) is 8.13. The molecule has 1 aromatic rings. The SMILES string of the molecule is Cc1ccc(N)cc1NC(=O)CCCSC(C)CO. The molecule has 1 aromatic carbocycles. The average molecular weight is 282 g/mol.